The third-order valence-corrected chi connectivity index (χ3v) is 4.14. The molecule has 0 spiro atoms. The summed E-state index contributed by atoms with van der Waals surface area (Å²) in [7, 11) is 0. The molecule has 1 unspecified atom stereocenters. The van der Waals surface area contributed by atoms with Crippen LogP contribution in [0.3, 0.4) is 0 Å². The van der Waals surface area contributed by atoms with Crippen molar-refractivity contribution in [2.45, 2.75) is 33.4 Å². The Labute approximate surface area is 119 Å². The zero-order chi connectivity index (χ0) is 14.3. The number of aromatic amines is 1. The highest BCUT2D eigenvalue weighted by Gasteiger charge is 2.24. The van der Waals surface area contributed by atoms with E-state index in [-0.39, 0.29) is 0 Å². The van der Waals surface area contributed by atoms with Gasteiger partial charge in [0.15, 0.2) is 6.23 Å². The van der Waals surface area contributed by atoms with Crippen LogP contribution in [-0.4, -0.2) is 16.3 Å². The maximum Gasteiger partial charge on any atom is 0.151 e. The number of fused-ring (bicyclic) bond motifs is 1. The fourth-order valence-electron chi connectivity index (χ4n) is 2.92. The molecule has 2 aromatic rings. The van der Waals surface area contributed by atoms with Crippen LogP contribution in [0.5, 0.6) is 0 Å². The van der Waals surface area contributed by atoms with Crippen molar-refractivity contribution >= 4 is 17.3 Å². The molecule has 3 N–H and O–H groups in total. The topological polar surface area (TPSA) is 48.0 Å². The molecule has 0 amide bonds. The van der Waals surface area contributed by atoms with Crippen molar-refractivity contribution in [1.82, 2.24) is 4.98 Å². The van der Waals surface area contributed by atoms with E-state index in [0.717, 1.165) is 28.9 Å². The molecular formula is C17H20N2O. The number of H-pyrrole nitrogens is 1. The molecule has 3 rings (SSSR count). The van der Waals surface area contributed by atoms with Gasteiger partial charge in [0.1, 0.15) is 0 Å². The van der Waals surface area contributed by atoms with Crippen LogP contribution >= 0.6 is 0 Å². The number of nitrogens with one attached hydrogen (secondary N) is 2. The van der Waals surface area contributed by atoms with Crippen LogP contribution in [0.2, 0.25) is 0 Å². The van der Waals surface area contributed by atoms with Crippen LogP contribution < -0.4 is 5.32 Å². The van der Waals surface area contributed by atoms with Crippen molar-refractivity contribution in [1.29, 1.82) is 0 Å². The van der Waals surface area contributed by atoms with Crippen molar-refractivity contribution in [2.24, 2.45) is 0 Å². The number of rotatable bonds is 2. The first-order chi connectivity index (χ1) is 9.61. The molecule has 0 saturated carbocycles. The number of para-hydroxylation sites is 1. The summed E-state index contributed by atoms with van der Waals surface area (Å²) in [6.45, 7) is 6.40. The molecule has 1 aromatic heterocycles. The summed E-state index contributed by atoms with van der Waals surface area (Å²) in [6.07, 6.45) is 2.42. The van der Waals surface area contributed by atoms with Gasteiger partial charge in [-0.25, -0.2) is 0 Å². The third-order valence-electron chi connectivity index (χ3n) is 4.14. The van der Waals surface area contributed by atoms with Gasteiger partial charge in [-0.05, 0) is 43.5 Å². The second kappa shape index (κ2) is 4.84. The largest absolute Gasteiger partial charge is 0.369 e. The second-order valence-corrected chi connectivity index (χ2v) is 5.31. The van der Waals surface area contributed by atoms with Gasteiger partial charge in [-0.3, -0.25) is 0 Å². The fourth-order valence-corrected chi connectivity index (χ4v) is 2.92. The smallest absolute Gasteiger partial charge is 0.151 e. The molecule has 0 saturated heterocycles. The van der Waals surface area contributed by atoms with E-state index in [0.29, 0.717) is 0 Å². The minimum atomic E-state index is -0.638. The standard InChI is InChI=1S/C17H20N2O/c1-4-12-10(2)11(3)18-16(12)9-14-13-7-5-6-8-15(13)19-17(14)20/h5-9,17-20H,4H2,1-3H3/b14-9-. The number of aliphatic hydroxyl groups is 1. The minimum Gasteiger partial charge on any atom is -0.369 e. The van der Waals surface area contributed by atoms with Crippen LogP contribution in [0.25, 0.3) is 11.6 Å². The van der Waals surface area contributed by atoms with E-state index in [4.69, 9.17) is 0 Å². The normalized spacial score (nSPS) is 19.2. The molecule has 0 aliphatic carbocycles. The number of hydrogen-bond donors (Lipinski definition) is 3. The number of hydrogen-bond acceptors (Lipinski definition) is 2. The zero-order valence-electron chi connectivity index (χ0n) is 12.1. The summed E-state index contributed by atoms with van der Waals surface area (Å²) in [5.74, 6) is 0. The first-order valence-corrected chi connectivity index (χ1v) is 7.05. The van der Waals surface area contributed by atoms with Crippen LogP contribution in [0.15, 0.2) is 24.3 Å². The maximum absolute atomic E-state index is 10.2. The van der Waals surface area contributed by atoms with E-state index in [1.54, 1.807) is 0 Å². The fraction of sp³-hybridized carbons (Fsp3) is 0.294. The molecule has 3 heteroatoms. The molecule has 1 aromatic carbocycles. The van der Waals surface area contributed by atoms with Crippen molar-refractivity contribution in [2.75, 3.05) is 5.32 Å². The van der Waals surface area contributed by atoms with E-state index in [1.165, 1.54) is 16.8 Å². The van der Waals surface area contributed by atoms with Gasteiger partial charge in [-0.1, -0.05) is 25.1 Å². The van der Waals surface area contributed by atoms with Gasteiger partial charge in [0.25, 0.3) is 0 Å². The van der Waals surface area contributed by atoms with Gasteiger partial charge in [0.2, 0.25) is 0 Å². The quantitative estimate of drug-likeness (QED) is 0.781. The lowest BCUT2D eigenvalue weighted by molar-refractivity contribution is 0.266. The minimum absolute atomic E-state index is 0.638. The van der Waals surface area contributed by atoms with Gasteiger partial charge in [0.05, 0.1) is 0 Å². The molecular weight excluding hydrogens is 248 g/mol. The highest BCUT2D eigenvalue weighted by Crippen LogP contribution is 2.35. The summed E-state index contributed by atoms with van der Waals surface area (Å²) < 4.78 is 0. The van der Waals surface area contributed by atoms with Crippen molar-refractivity contribution in [3.8, 4) is 0 Å². The number of benzene rings is 1. The molecule has 0 bridgehead atoms. The second-order valence-electron chi connectivity index (χ2n) is 5.31. The first kappa shape index (κ1) is 13.0. The molecule has 0 radical (unpaired) electrons. The van der Waals surface area contributed by atoms with E-state index >= 15 is 0 Å². The maximum atomic E-state index is 10.2. The summed E-state index contributed by atoms with van der Waals surface area (Å²) in [4.78, 5) is 3.43. The summed E-state index contributed by atoms with van der Waals surface area (Å²) in [6, 6.07) is 8.00. The monoisotopic (exact) mass is 268 g/mol. The lowest BCUT2D eigenvalue weighted by Gasteiger charge is -2.06. The van der Waals surface area contributed by atoms with Gasteiger partial charge in [0, 0.05) is 28.2 Å². The van der Waals surface area contributed by atoms with E-state index < -0.39 is 6.23 Å². The number of aryl methyl sites for hydroxylation is 1. The molecule has 1 aliphatic heterocycles. The SMILES string of the molecule is CCc1c(/C=C2/c3ccccc3NC2O)[nH]c(C)c1C. The molecule has 0 fully saturated rings. The highest BCUT2D eigenvalue weighted by atomic mass is 16.3. The number of aromatic nitrogens is 1. The Hall–Kier alpha value is -2.00. The lowest BCUT2D eigenvalue weighted by atomic mass is 10.0. The molecule has 104 valence electrons. The van der Waals surface area contributed by atoms with E-state index in [2.05, 4.69) is 37.1 Å². The molecule has 20 heavy (non-hydrogen) atoms. The Morgan fingerprint density at radius 2 is 2.00 bits per heavy atom. The Balaban J connectivity index is 2.11. The van der Waals surface area contributed by atoms with Crippen LogP contribution in [0.1, 0.15) is 35.0 Å². The summed E-state index contributed by atoms with van der Waals surface area (Å²) in [5.41, 5.74) is 7.94. The summed E-state index contributed by atoms with van der Waals surface area (Å²) in [5, 5.41) is 13.3. The average Bonchev–Trinajstić information content (AvgIpc) is 2.89. The molecule has 1 aliphatic rings. The molecule has 1 atom stereocenters. The predicted octanol–water partition coefficient (Wildman–Crippen LogP) is 3.48. The number of anilines is 1. The van der Waals surface area contributed by atoms with E-state index in [9.17, 15) is 5.11 Å². The molecule has 3 nitrogen and oxygen atoms in total. The zero-order valence-corrected chi connectivity index (χ0v) is 12.1. The van der Waals surface area contributed by atoms with Gasteiger partial charge >= 0.3 is 0 Å². The average molecular weight is 268 g/mol. The van der Waals surface area contributed by atoms with Crippen LogP contribution in [0, 0.1) is 13.8 Å². The third kappa shape index (κ3) is 1.95. The van der Waals surface area contributed by atoms with Crippen LogP contribution in [-0.2, 0) is 6.42 Å². The van der Waals surface area contributed by atoms with Crippen LogP contribution in [0.4, 0.5) is 5.69 Å². The van der Waals surface area contributed by atoms with Crippen molar-refractivity contribution in [3.63, 3.8) is 0 Å². The first-order valence-electron chi connectivity index (χ1n) is 7.05. The Morgan fingerprint density at radius 3 is 2.75 bits per heavy atom. The Kier molecular flexibility index (Phi) is 3.14. The van der Waals surface area contributed by atoms with Crippen molar-refractivity contribution in [3.05, 3.63) is 52.3 Å². The lowest BCUT2D eigenvalue weighted by Crippen LogP contribution is -2.12. The van der Waals surface area contributed by atoms with Gasteiger partial charge < -0.3 is 15.4 Å². The predicted molar refractivity (Wildman–Crippen MR) is 83.6 cm³/mol. The van der Waals surface area contributed by atoms with Crippen molar-refractivity contribution < 1.29 is 5.11 Å². The van der Waals surface area contributed by atoms with E-state index in [1.807, 2.05) is 24.3 Å². The number of aliphatic hydroxyl groups excluding tert-OH is 1. The highest BCUT2D eigenvalue weighted by molar-refractivity contribution is 5.94. The Morgan fingerprint density at radius 1 is 1.25 bits per heavy atom. The Bertz CT molecular complexity index is 682. The van der Waals surface area contributed by atoms with Gasteiger partial charge in [-0.15, -0.1) is 0 Å². The summed E-state index contributed by atoms with van der Waals surface area (Å²) >= 11 is 0. The van der Waals surface area contributed by atoms with Gasteiger partial charge in [-0.2, -0.15) is 0 Å². The molecule has 2 heterocycles.